The van der Waals surface area contributed by atoms with Crippen molar-refractivity contribution in [3.8, 4) is 17.2 Å². The van der Waals surface area contributed by atoms with Crippen molar-refractivity contribution in [2.45, 2.75) is 6.04 Å². The monoisotopic (exact) mass is 318 g/mol. The summed E-state index contributed by atoms with van der Waals surface area (Å²) in [5.41, 5.74) is 3.96. The van der Waals surface area contributed by atoms with Crippen molar-refractivity contribution in [3.63, 3.8) is 0 Å². The molecule has 0 spiro atoms. The van der Waals surface area contributed by atoms with E-state index in [4.69, 9.17) is 0 Å². The molecule has 1 aromatic carbocycles. The van der Waals surface area contributed by atoms with E-state index < -0.39 is 0 Å². The van der Waals surface area contributed by atoms with E-state index in [1.807, 2.05) is 18.2 Å². The molecule has 1 fully saturated rings. The van der Waals surface area contributed by atoms with Gasteiger partial charge in [-0.05, 0) is 28.8 Å². The Morgan fingerprint density at radius 1 is 1.21 bits per heavy atom. The van der Waals surface area contributed by atoms with Crippen molar-refractivity contribution in [2.75, 3.05) is 26.2 Å². The first kappa shape index (κ1) is 14.8. The Labute approximate surface area is 140 Å². The number of H-pyrrole nitrogens is 1. The van der Waals surface area contributed by atoms with Gasteiger partial charge in [-0.25, -0.2) is 4.98 Å². The van der Waals surface area contributed by atoms with Gasteiger partial charge in [0.25, 0.3) is 0 Å². The third-order valence-corrected chi connectivity index (χ3v) is 4.51. The van der Waals surface area contributed by atoms with Crippen LogP contribution < -0.4 is 5.32 Å². The van der Waals surface area contributed by atoms with Crippen molar-refractivity contribution >= 4 is 11.0 Å². The van der Waals surface area contributed by atoms with Gasteiger partial charge in [-0.15, -0.1) is 0 Å². The number of pyridine rings is 1. The molecule has 24 heavy (non-hydrogen) atoms. The predicted molar refractivity (Wildman–Crippen MR) is 92.1 cm³/mol. The lowest BCUT2D eigenvalue weighted by Crippen LogP contribution is -2.44. The van der Waals surface area contributed by atoms with E-state index in [-0.39, 0.29) is 6.04 Å². The first-order valence-electron chi connectivity index (χ1n) is 8.09. The second kappa shape index (κ2) is 6.40. The van der Waals surface area contributed by atoms with Gasteiger partial charge in [0, 0.05) is 37.8 Å². The summed E-state index contributed by atoms with van der Waals surface area (Å²) in [5, 5.41) is 21.0. The number of nitriles is 1. The fourth-order valence-corrected chi connectivity index (χ4v) is 3.29. The minimum absolute atomic E-state index is 0.214. The molecular formula is C18H18N6. The Kier molecular flexibility index (Phi) is 3.95. The third-order valence-electron chi connectivity index (χ3n) is 4.51. The van der Waals surface area contributed by atoms with Gasteiger partial charge >= 0.3 is 0 Å². The highest BCUT2D eigenvalue weighted by molar-refractivity contribution is 5.92. The Hall–Kier alpha value is -2.75. The molecule has 1 atom stereocenters. The summed E-state index contributed by atoms with van der Waals surface area (Å²) in [7, 11) is 0. The van der Waals surface area contributed by atoms with Gasteiger partial charge in [0.05, 0.1) is 12.3 Å². The summed E-state index contributed by atoms with van der Waals surface area (Å²) in [6.45, 7) is 3.64. The maximum Gasteiger partial charge on any atom is 0.155 e. The van der Waals surface area contributed by atoms with E-state index in [0.29, 0.717) is 0 Å². The normalized spacial score (nSPS) is 16.8. The van der Waals surface area contributed by atoms with E-state index in [9.17, 15) is 5.26 Å². The number of fused-ring (bicyclic) bond motifs is 1. The average molecular weight is 318 g/mol. The number of aromatic amines is 1. The molecule has 0 radical (unpaired) electrons. The molecule has 6 nitrogen and oxygen atoms in total. The average Bonchev–Trinajstić information content (AvgIpc) is 3.12. The number of hydrogen-bond acceptors (Lipinski definition) is 5. The molecule has 0 bridgehead atoms. The zero-order chi connectivity index (χ0) is 16.4. The number of piperazine rings is 1. The molecular weight excluding hydrogens is 300 g/mol. The molecule has 1 aliphatic rings. The number of nitrogens with one attached hydrogen (secondary N) is 2. The molecule has 3 aromatic rings. The Balaban J connectivity index is 1.73. The van der Waals surface area contributed by atoms with Gasteiger partial charge in [-0.2, -0.15) is 10.4 Å². The van der Waals surface area contributed by atoms with Crippen LogP contribution in [0.3, 0.4) is 0 Å². The lowest BCUT2D eigenvalue weighted by atomic mass is 9.98. The van der Waals surface area contributed by atoms with Crippen molar-refractivity contribution in [3.05, 3.63) is 48.3 Å². The van der Waals surface area contributed by atoms with Crippen LogP contribution in [0.1, 0.15) is 11.6 Å². The largest absolute Gasteiger partial charge is 0.314 e. The molecule has 1 aliphatic heterocycles. The van der Waals surface area contributed by atoms with E-state index in [0.717, 1.165) is 53.9 Å². The molecule has 1 saturated heterocycles. The smallest absolute Gasteiger partial charge is 0.155 e. The maximum atomic E-state index is 9.69. The highest BCUT2D eigenvalue weighted by Gasteiger charge is 2.22. The summed E-state index contributed by atoms with van der Waals surface area (Å²) in [5.74, 6) is 0. The molecule has 120 valence electrons. The molecule has 2 aromatic heterocycles. The molecule has 0 saturated carbocycles. The summed E-state index contributed by atoms with van der Waals surface area (Å²) in [4.78, 5) is 6.52. The van der Waals surface area contributed by atoms with Crippen LogP contribution in [0.2, 0.25) is 0 Å². The number of rotatable bonds is 3. The Morgan fingerprint density at radius 2 is 2.08 bits per heavy atom. The van der Waals surface area contributed by atoms with E-state index in [1.165, 1.54) is 0 Å². The minimum Gasteiger partial charge on any atom is -0.314 e. The molecule has 0 aliphatic carbocycles. The summed E-state index contributed by atoms with van der Waals surface area (Å²) < 4.78 is 0. The Morgan fingerprint density at radius 3 is 2.92 bits per heavy atom. The van der Waals surface area contributed by atoms with Gasteiger partial charge in [-0.1, -0.05) is 18.2 Å². The van der Waals surface area contributed by atoms with Gasteiger partial charge in [0.2, 0.25) is 0 Å². The molecule has 0 amide bonds. The SMILES string of the molecule is N#CC(c1cccc(-c2ccnc3[nH]ncc23)c1)N1CCNCC1. The predicted octanol–water partition coefficient (Wildman–Crippen LogP) is 2.09. The number of hydrogen-bond donors (Lipinski definition) is 2. The molecule has 1 unspecified atom stereocenters. The zero-order valence-electron chi connectivity index (χ0n) is 13.2. The highest BCUT2D eigenvalue weighted by Crippen LogP contribution is 2.29. The van der Waals surface area contributed by atoms with Crippen LogP contribution in [0.4, 0.5) is 0 Å². The standard InChI is InChI=1S/C18H18N6/c19-11-17(24-8-6-20-7-9-24)14-3-1-2-13(10-14)15-4-5-21-18-16(15)12-22-23-18/h1-5,10,12,17,20H,6-9H2,(H,21,22,23). The van der Waals surface area contributed by atoms with Crippen LogP contribution in [-0.2, 0) is 0 Å². The van der Waals surface area contributed by atoms with Gasteiger partial charge in [0.1, 0.15) is 6.04 Å². The van der Waals surface area contributed by atoms with E-state index >= 15 is 0 Å². The number of nitrogens with zero attached hydrogens (tertiary/aromatic N) is 4. The fourth-order valence-electron chi connectivity index (χ4n) is 3.29. The summed E-state index contributed by atoms with van der Waals surface area (Å²) >= 11 is 0. The lowest BCUT2D eigenvalue weighted by molar-refractivity contribution is 0.207. The van der Waals surface area contributed by atoms with Crippen LogP contribution in [0.25, 0.3) is 22.2 Å². The minimum atomic E-state index is -0.214. The first-order valence-corrected chi connectivity index (χ1v) is 8.09. The fraction of sp³-hybridized carbons (Fsp3) is 0.278. The van der Waals surface area contributed by atoms with Crippen LogP contribution in [0.15, 0.2) is 42.7 Å². The van der Waals surface area contributed by atoms with E-state index in [2.05, 4.69) is 43.6 Å². The van der Waals surface area contributed by atoms with Crippen molar-refractivity contribution < 1.29 is 0 Å². The molecule has 3 heterocycles. The Bertz CT molecular complexity index is 888. The zero-order valence-corrected chi connectivity index (χ0v) is 13.2. The highest BCUT2D eigenvalue weighted by atomic mass is 15.2. The maximum absolute atomic E-state index is 9.69. The summed E-state index contributed by atoms with van der Waals surface area (Å²) in [6.07, 6.45) is 3.57. The topological polar surface area (TPSA) is 80.6 Å². The third kappa shape index (κ3) is 2.64. The number of benzene rings is 1. The number of aromatic nitrogens is 3. The molecule has 6 heteroatoms. The van der Waals surface area contributed by atoms with Crippen LogP contribution >= 0.6 is 0 Å². The van der Waals surface area contributed by atoms with Crippen molar-refractivity contribution in [1.82, 2.24) is 25.4 Å². The molecule has 4 rings (SSSR count). The van der Waals surface area contributed by atoms with Gasteiger partial charge < -0.3 is 5.32 Å². The van der Waals surface area contributed by atoms with Gasteiger partial charge in [0.15, 0.2) is 5.65 Å². The lowest BCUT2D eigenvalue weighted by Gasteiger charge is -2.31. The second-order valence-electron chi connectivity index (χ2n) is 5.93. The molecule has 2 N–H and O–H groups in total. The van der Waals surface area contributed by atoms with Crippen LogP contribution in [0.5, 0.6) is 0 Å². The first-order chi connectivity index (χ1) is 11.9. The van der Waals surface area contributed by atoms with E-state index in [1.54, 1.807) is 12.4 Å². The van der Waals surface area contributed by atoms with Crippen LogP contribution in [-0.4, -0.2) is 46.3 Å². The quantitative estimate of drug-likeness (QED) is 0.773. The van der Waals surface area contributed by atoms with Crippen molar-refractivity contribution in [1.29, 1.82) is 5.26 Å². The van der Waals surface area contributed by atoms with Gasteiger partial charge in [-0.3, -0.25) is 10.00 Å². The second-order valence-corrected chi connectivity index (χ2v) is 5.93. The van der Waals surface area contributed by atoms with Crippen molar-refractivity contribution in [2.24, 2.45) is 0 Å². The van der Waals surface area contributed by atoms with Crippen LogP contribution in [0, 0.1) is 11.3 Å². The summed E-state index contributed by atoms with van der Waals surface area (Å²) in [6, 6.07) is 12.5.